The van der Waals surface area contributed by atoms with Crippen molar-refractivity contribution in [2.24, 2.45) is 0 Å². The van der Waals surface area contributed by atoms with E-state index in [1.54, 1.807) is 0 Å². The molecule has 2 fully saturated rings. The van der Waals surface area contributed by atoms with Gasteiger partial charge in [0.15, 0.2) is 0 Å². The molecule has 69 heavy (non-hydrogen) atoms. The van der Waals surface area contributed by atoms with Crippen molar-refractivity contribution in [3.63, 3.8) is 0 Å². The third-order valence-corrected chi connectivity index (χ3v) is 22.8. The Labute approximate surface area is 422 Å². The maximum Gasteiger partial charge on any atom is 0.264 e. The summed E-state index contributed by atoms with van der Waals surface area (Å²) in [6, 6.07) is 43.3. The van der Waals surface area contributed by atoms with Gasteiger partial charge in [-0.2, -0.15) is 11.3 Å². The highest BCUT2D eigenvalue weighted by Gasteiger charge is 2.57. The number of para-hydroxylation sites is 6. The highest BCUT2D eigenvalue weighted by Crippen LogP contribution is 2.68. The molecular formula is C56H38B2N6S5. The van der Waals surface area contributed by atoms with Gasteiger partial charge in [-0.1, -0.05) is 95.6 Å². The summed E-state index contributed by atoms with van der Waals surface area (Å²) in [5, 5.41) is 0. The van der Waals surface area contributed by atoms with Gasteiger partial charge in [0.25, 0.3) is 13.4 Å². The summed E-state index contributed by atoms with van der Waals surface area (Å²) in [6.07, 6.45) is 7.58. The summed E-state index contributed by atoms with van der Waals surface area (Å²) in [4.78, 5) is 27.6. The third-order valence-electron chi connectivity index (χ3n) is 17.0. The fourth-order valence-electron chi connectivity index (χ4n) is 14.4. The van der Waals surface area contributed by atoms with Gasteiger partial charge in [0.2, 0.25) is 0 Å². The number of nitrogens with zero attached hydrogens (tertiary/aromatic N) is 6. The van der Waals surface area contributed by atoms with E-state index in [0.717, 1.165) is 26.2 Å². The number of thiophene rings is 1. The first kappa shape index (κ1) is 37.4. The van der Waals surface area contributed by atoms with Gasteiger partial charge in [0.05, 0.1) is 78.0 Å². The lowest BCUT2D eigenvalue weighted by Crippen LogP contribution is -2.62. The molecule has 0 atom stereocenters. The highest BCUT2D eigenvalue weighted by molar-refractivity contribution is 8.01. The molecule has 0 unspecified atom stereocenters. The van der Waals surface area contributed by atoms with Crippen molar-refractivity contribution in [3.05, 3.63) is 109 Å². The molecule has 0 spiro atoms. The lowest BCUT2D eigenvalue weighted by molar-refractivity contribution is 0.575. The molecule has 11 aliphatic heterocycles. The van der Waals surface area contributed by atoms with Crippen molar-refractivity contribution < 1.29 is 0 Å². The van der Waals surface area contributed by atoms with E-state index in [-0.39, 0.29) is 13.4 Å². The van der Waals surface area contributed by atoms with Crippen LogP contribution in [0.3, 0.4) is 0 Å². The van der Waals surface area contributed by atoms with E-state index in [1.807, 2.05) is 47.0 Å². The zero-order chi connectivity index (χ0) is 44.1. The number of fused-ring (bicyclic) bond motifs is 9. The average molecular weight is 977 g/mol. The second-order valence-corrected chi connectivity index (χ2v) is 25.7. The van der Waals surface area contributed by atoms with Gasteiger partial charge in [-0.15, -0.1) is 0 Å². The molecular weight excluding hydrogens is 939 g/mol. The van der Waals surface area contributed by atoms with Crippen molar-refractivity contribution >= 4 is 183 Å². The fraction of sp³-hybridized carbons (Fsp3) is 0.179. The van der Waals surface area contributed by atoms with Crippen molar-refractivity contribution in [2.75, 3.05) is 55.6 Å². The monoisotopic (exact) mass is 976 g/mol. The van der Waals surface area contributed by atoms with E-state index >= 15 is 0 Å². The summed E-state index contributed by atoms with van der Waals surface area (Å²) < 4.78 is 2.99. The van der Waals surface area contributed by atoms with Crippen LogP contribution in [0.4, 0.5) is 79.6 Å². The molecule has 6 nitrogen and oxygen atoms in total. The van der Waals surface area contributed by atoms with Crippen molar-refractivity contribution in [1.82, 2.24) is 0 Å². The molecule has 0 amide bonds. The Morgan fingerprint density at radius 3 is 1.19 bits per heavy atom. The van der Waals surface area contributed by atoms with Gasteiger partial charge in [-0.3, -0.25) is 0 Å². The number of benzene rings is 7. The second-order valence-electron chi connectivity index (χ2n) is 20.3. The highest BCUT2D eigenvalue weighted by atomic mass is 32.2. The van der Waals surface area contributed by atoms with Crippen LogP contribution in [0.1, 0.15) is 38.5 Å². The van der Waals surface area contributed by atoms with E-state index < -0.39 is 0 Å². The Bertz CT molecular complexity index is 3560. The van der Waals surface area contributed by atoms with Gasteiger partial charge in [-0.05, 0) is 121 Å². The van der Waals surface area contributed by atoms with Gasteiger partial charge in [-0.25, -0.2) is 0 Å². The Balaban J connectivity index is 0.952. The molecule has 11 aliphatic rings. The van der Waals surface area contributed by atoms with Gasteiger partial charge in [0.1, 0.15) is 0 Å². The molecule has 12 heterocycles. The van der Waals surface area contributed by atoms with Crippen LogP contribution in [0.25, 0.3) is 0 Å². The SMILES string of the molecule is c1cc2c3c(c1)Sc1c(N4CCCCC4)cc4c5c1N3c1c(cccc1B5c1sc3c5c1N4c1ccccc1N5c1cc(N4CCCCC4)c4c5c1B3c1cccc3c1N5c1c(cccc1S4)S3)S2. The second kappa shape index (κ2) is 12.9. The molecule has 0 aliphatic carbocycles. The van der Waals surface area contributed by atoms with E-state index in [2.05, 4.69) is 150 Å². The minimum Gasteiger partial charge on any atom is -0.370 e. The zero-order valence-electron chi connectivity index (χ0n) is 37.3. The van der Waals surface area contributed by atoms with Crippen molar-refractivity contribution in [2.45, 2.75) is 77.7 Å². The minimum atomic E-state index is 0.101. The Kier molecular flexibility index (Phi) is 7.00. The Morgan fingerprint density at radius 1 is 0.333 bits per heavy atom. The minimum absolute atomic E-state index is 0.101. The molecule has 0 radical (unpaired) electrons. The lowest BCUT2D eigenvalue weighted by Gasteiger charge is -2.52. The van der Waals surface area contributed by atoms with Gasteiger partial charge < -0.3 is 29.4 Å². The summed E-state index contributed by atoms with van der Waals surface area (Å²) >= 11 is 10.2. The predicted molar refractivity (Wildman–Crippen MR) is 295 cm³/mol. The molecule has 328 valence electrons. The van der Waals surface area contributed by atoms with Crippen LogP contribution in [0, 0.1) is 0 Å². The zero-order valence-corrected chi connectivity index (χ0v) is 41.4. The largest absolute Gasteiger partial charge is 0.370 e. The smallest absolute Gasteiger partial charge is 0.264 e. The number of anilines is 14. The van der Waals surface area contributed by atoms with Crippen molar-refractivity contribution in [3.8, 4) is 0 Å². The topological polar surface area (TPSA) is 19.4 Å². The van der Waals surface area contributed by atoms with Crippen LogP contribution in [-0.4, -0.2) is 39.6 Å². The maximum absolute atomic E-state index is 2.77. The summed E-state index contributed by atoms with van der Waals surface area (Å²) in [5.74, 6) is 0. The summed E-state index contributed by atoms with van der Waals surface area (Å²) in [5.41, 5.74) is 25.2. The molecule has 1 aromatic heterocycles. The molecule has 19 rings (SSSR count). The van der Waals surface area contributed by atoms with E-state index in [1.165, 1.54) is 189 Å². The van der Waals surface area contributed by atoms with E-state index in [9.17, 15) is 0 Å². The van der Waals surface area contributed by atoms with Crippen LogP contribution in [0.2, 0.25) is 0 Å². The normalized spacial score (nSPS) is 18.6. The Hall–Kier alpha value is -5.43. The first-order valence-electron chi connectivity index (χ1n) is 24.9. The maximum atomic E-state index is 2.77. The summed E-state index contributed by atoms with van der Waals surface area (Å²) in [7, 11) is 0. The van der Waals surface area contributed by atoms with Crippen LogP contribution in [0.15, 0.2) is 148 Å². The lowest BCUT2D eigenvalue weighted by atomic mass is 9.35. The third kappa shape index (κ3) is 4.36. The number of hydrogen-bond donors (Lipinski definition) is 0. The van der Waals surface area contributed by atoms with Crippen molar-refractivity contribution in [1.29, 1.82) is 0 Å². The number of rotatable bonds is 2. The number of piperidine rings is 2. The predicted octanol–water partition coefficient (Wildman–Crippen LogP) is 12.1. The Morgan fingerprint density at radius 2 is 0.739 bits per heavy atom. The van der Waals surface area contributed by atoms with Gasteiger partial charge >= 0.3 is 0 Å². The average Bonchev–Trinajstić information content (AvgIpc) is 3.79. The van der Waals surface area contributed by atoms with Crippen LogP contribution >= 0.6 is 58.4 Å². The molecule has 13 heteroatoms. The molecule has 8 aromatic rings. The first-order valence-corrected chi connectivity index (χ1v) is 29.0. The molecule has 2 saturated heterocycles. The molecule has 7 aromatic carbocycles. The number of hydrogen-bond acceptors (Lipinski definition) is 11. The van der Waals surface area contributed by atoms with E-state index in [4.69, 9.17) is 0 Å². The first-order chi connectivity index (χ1) is 34.3. The van der Waals surface area contributed by atoms with Crippen LogP contribution < -0.4 is 60.8 Å². The quantitative estimate of drug-likeness (QED) is 0.155. The standard InChI is InChI=1S/C56H38B2N6S5/c1-5-23-59(24-6-1)35-27-33-43-49-53(35)67-41-21-11-19-39-47(41)63(49)45-29(13-9-17-37(45)65-39)57(43)55-51-52-56(69-55)58-30-14-10-18-38-46(30)64-48-40(66-38)20-12-22-42(48)68-54-36(60-25-7-2-8-26-60)28-34(44(58)50(54)64)62(52)32-16-4-3-15-31(32)61(33)51/h3-4,9-22,27-28H,1-2,5-8,23-26H2. The molecule has 0 bridgehead atoms. The molecule has 0 saturated carbocycles. The molecule has 0 N–H and O–H groups in total. The van der Waals surface area contributed by atoms with E-state index in [0.29, 0.717) is 0 Å². The summed E-state index contributed by atoms with van der Waals surface area (Å²) in [6.45, 7) is 4.62. The van der Waals surface area contributed by atoms with Crippen LogP contribution in [0.5, 0.6) is 0 Å². The van der Waals surface area contributed by atoms with Gasteiger partial charge in [0, 0.05) is 76.5 Å². The fourth-order valence-corrected chi connectivity index (χ4v) is 20.8. The van der Waals surface area contributed by atoms with Crippen LogP contribution in [-0.2, 0) is 0 Å².